The quantitative estimate of drug-likeness (QED) is 0.143. The molecule has 5 aromatic rings. The number of aromatic amines is 1. The lowest BCUT2D eigenvalue weighted by Gasteiger charge is -2.13. The molecule has 3 aromatic heterocycles. The van der Waals surface area contributed by atoms with Gasteiger partial charge in [-0.2, -0.15) is 20.7 Å². The van der Waals surface area contributed by atoms with Crippen LogP contribution in [-0.2, 0) is 25.7 Å². The monoisotopic (exact) mass is 717 g/mol. The van der Waals surface area contributed by atoms with E-state index in [0.29, 0.717) is 55.6 Å². The van der Waals surface area contributed by atoms with Gasteiger partial charge in [-0.1, -0.05) is 65.5 Å². The topological polar surface area (TPSA) is 132 Å². The van der Waals surface area contributed by atoms with Crippen LogP contribution in [0.2, 0.25) is 20.1 Å². The predicted molar refractivity (Wildman–Crippen MR) is 183 cm³/mol. The van der Waals surface area contributed by atoms with E-state index >= 15 is 0 Å². The van der Waals surface area contributed by atoms with Crippen molar-refractivity contribution in [2.45, 2.75) is 79.3 Å². The molecule has 5 rings (SSSR count). The Morgan fingerprint density at radius 2 is 1.19 bits per heavy atom. The van der Waals surface area contributed by atoms with Crippen LogP contribution in [0.1, 0.15) is 82.0 Å². The molecule has 1 N–H and O–H groups in total. The molecule has 0 amide bonds. The second-order valence-corrected chi connectivity index (χ2v) is 12.7. The minimum Gasteiger partial charge on any atom is -0.439 e. The molecule has 0 radical (unpaired) electrons. The van der Waals surface area contributed by atoms with Gasteiger partial charge in [0, 0.05) is 31.2 Å². The molecular formula is C32H35Cl4N9O2. The maximum atomic E-state index is 8.97. The van der Waals surface area contributed by atoms with Gasteiger partial charge in [0.1, 0.15) is 11.5 Å². The van der Waals surface area contributed by atoms with E-state index in [0.717, 1.165) is 35.4 Å². The Bertz CT molecular complexity index is 1800. The summed E-state index contributed by atoms with van der Waals surface area (Å²) in [4.78, 5) is 0. The van der Waals surface area contributed by atoms with E-state index in [1.807, 2.05) is 39.3 Å². The SMILES string of the molecule is CCc1c(CC#N)nn(C(C)C)c1Oc1cc(Cl)cc(Cl)c1.CCc1c(Cc2nn[nH]n2)nn(C(C)C)c1Oc1cc(Cl)cc(Cl)c1. The number of hydrogen-bond acceptors (Lipinski definition) is 8. The van der Waals surface area contributed by atoms with Crippen LogP contribution in [0.25, 0.3) is 0 Å². The van der Waals surface area contributed by atoms with Crippen molar-refractivity contribution >= 4 is 46.4 Å². The number of ether oxygens (including phenoxy) is 2. The fraction of sp³-hybridized carbons (Fsp3) is 0.375. The zero-order valence-electron chi connectivity index (χ0n) is 26.9. The molecule has 47 heavy (non-hydrogen) atoms. The smallest absolute Gasteiger partial charge is 0.221 e. The summed E-state index contributed by atoms with van der Waals surface area (Å²) in [5, 5.41) is 34.3. The number of halogens is 4. The number of nitriles is 1. The first kappa shape index (κ1) is 36.0. The summed E-state index contributed by atoms with van der Waals surface area (Å²) >= 11 is 24.2. The van der Waals surface area contributed by atoms with Gasteiger partial charge >= 0.3 is 0 Å². The van der Waals surface area contributed by atoms with Crippen LogP contribution in [0.3, 0.4) is 0 Å². The first-order valence-corrected chi connectivity index (χ1v) is 16.5. The van der Waals surface area contributed by atoms with Gasteiger partial charge in [0.25, 0.3) is 0 Å². The summed E-state index contributed by atoms with van der Waals surface area (Å²) < 4.78 is 15.8. The van der Waals surface area contributed by atoms with Crippen LogP contribution in [-0.4, -0.2) is 40.2 Å². The van der Waals surface area contributed by atoms with Crippen molar-refractivity contribution < 1.29 is 9.47 Å². The molecule has 0 saturated carbocycles. The number of hydrogen-bond donors (Lipinski definition) is 1. The minimum atomic E-state index is 0.113. The molecule has 0 aliphatic carbocycles. The maximum Gasteiger partial charge on any atom is 0.221 e. The largest absolute Gasteiger partial charge is 0.439 e. The number of tetrazole rings is 1. The zero-order chi connectivity index (χ0) is 34.2. The average Bonchev–Trinajstić information content (AvgIpc) is 3.71. The maximum absolute atomic E-state index is 8.97. The van der Waals surface area contributed by atoms with Crippen molar-refractivity contribution in [1.29, 1.82) is 5.26 Å². The molecule has 3 heterocycles. The van der Waals surface area contributed by atoms with E-state index in [2.05, 4.69) is 38.7 Å². The molecule has 0 atom stereocenters. The molecule has 15 heteroatoms. The van der Waals surface area contributed by atoms with Crippen molar-refractivity contribution in [3.63, 3.8) is 0 Å². The van der Waals surface area contributed by atoms with Gasteiger partial charge in [0.2, 0.25) is 11.8 Å². The Morgan fingerprint density at radius 3 is 1.57 bits per heavy atom. The normalized spacial score (nSPS) is 11.0. The fourth-order valence-corrected chi connectivity index (χ4v) is 5.80. The molecule has 0 fully saturated rings. The summed E-state index contributed by atoms with van der Waals surface area (Å²) in [6.45, 7) is 12.2. The summed E-state index contributed by atoms with van der Waals surface area (Å²) in [6.07, 6.45) is 2.22. The number of rotatable bonds is 11. The lowest BCUT2D eigenvalue weighted by atomic mass is 10.1. The van der Waals surface area contributed by atoms with Crippen molar-refractivity contribution in [1.82, 2.24) is 40.2 Å². The van der Waals surface area contributed by atoms with E-state index in [1.54, 1.807) is 41.1 Å². The van der Waals surface area contributed by atoms with E-state index in [-0.39, 0.29) is 18.5 Å². The van der Waals surface area contributed by atoms with Crippen molar-refractivity contribution in [3.05, 3.63) is 84.8 Å². The molecule has 0 bridgehead atoms. The highest BCUT2D eigenvalue weighted by atomic mass is 35.5. The van der Waals surface area contributed by atoms with E-state index in [9.17, 15) is 0 Å². The molecule has 248 valence electrons. The molecule has 0 aliphatic heterocycles. The first-order chi connectivity index (χ1) is 22.4. The van der Waals surface area contributed by atoms with Crippen LogP contribution in [0.5, 0.6) is 23.3 Å². The van der Waals surface area contributed by atoms with E-state index in [4.69, 9.17) is 66.2 Å². The number of nitrogens with one attached hydrogen (secondary N) is 1. The van der Waals surface area contributed by atoms with Gasteiger partial charge in [-0.3, -0.25) is 0 Å². The zero-order valence-corrected chi connectivity index (χ0v) is 29.9. The highest BCUT2D eigenvalue weighted by molar-refractivity contribution is 6.35. The van der Waals surface area contributed by atoms with Crippen molar-refractivity contribution in [3.8, 4) is 29.3 Å². The van der Waals surface area contributed by atoms with Gasteiger partial charge in [-0.05, 0) is 76.9 Å². The van der Waals surface area contributed by atoms with Crippen LogP contribution < -0.4 is 9.47 Å². The Labute approximate surface area is 293 Å². The second-order valence-electron chi connectivity index (χ2n) is 11.0. The summed E-state index contributed by atoms with van der Waals surface area (Å²) in [6, 6.07) is 12.6. The number of H-pyrrole nitrogens is 1. The minimum absolute atomic E-state index is 0.113. The molecule has 0 spiro atoms. The number of aromatic nitrogens is 8. The third-order valence-corrected chi connectivity index (χ3v) is 7.71. The lowest BCUT2D eigenvalue weighted by Crippen LogP contribution is -2.06. The summed E-state index contributed by atoms with van der Waals surface area (Å²) in [5.74, 6) is 3.02. The van der Waals surface area contributed by atoms with Crippen LogP contribution in [0.15, 0.2) is 36.4 Å². The van der Waals surface area contributed by atoms with Gasteiger partial charge in [0.05, 0.1) is 42.4 Å². The second kappa shape index (κ2) is 16.3. The Kier molecular flexibility index (Phi) is 12.5. The molecule has 11 nitrogen and oxygen atoms in total. The average molecular weight is 720 g/mol. The Morgan fingerprint density at radius 1 is 0.745 bits per heavy atom. The standard InChI is InChI=1S/C16H18Cl2N6O.C16H17Cl2N3O/c1-4-13-14(8-15-19-22-23-20-15)21-24(9(2)3)16(13)25-12-6-10(17)5-11(18)7-12;1-4-14-15(5-6-19)20-21(10(2)3)16(14)22-13-8-11(17)7-12(18)9-13/h5-7,9H,4,8H2,1-3H3,(H,19,20,22,23);7-10H,4-5H2,1-3H3. The van der Waals surface area contributed by atoms with Gasteiger partial charge in [0.15, 0.2) is 5.82 Å². The van der Waals surface area contributed by atoms with Crippen LogP contribution in [0.4, 0.5) is 0 Å². The van der Waals surface area contributed by atoms with Gasteiger partial charge in [-0.25, -0.2) is 9.36 Å². The number of nitrogens with zero attached hydrogens (tertiary/aromatic N) is 8. The van der Waals surface area contributed by atoms with E-state index in [1.165, 1.54) is 0 Å². The highest BCUT2D eigenvalue weighted by Crippen LogP contribution is 2.35. The molecular weight excluding hydrogens is 684 g/mol. The number of benzene rings is 2. The van der Waals surface area contributed by atoms with Gasteiger partial charge < -0.3 is 9.47 Å². The van der Waals surface area contributed by atoms with Crippen LogP contribution >= 0.6 is 46.4 Å². The molecule has 0 unspecified atom stereocenters. The third kappa shape index (κ3) is 9.17. The third-order valence-electron chi connectivity index (χ3n) is 6.83. The van der Waals surface area contributed by atoms with Gasteiger partial charge in [-0.15, -0.1) is 10.2 Å². The highest BCUT2D eigenvalue weighted by Gasteiger charge is 2.23. The predicted octanol–water partition coefficient (Wildman–Crippen LogP) is 9.42. The van der Waals surface area contributed by atoms with E-state index < -0.39 is 0 Å². The molecule has 0 saturated heterocycles. The molecule has 2 aromatic carbocycles. The fourth-order valence-electron chi connectivity index (χ4n) is 4.79. The summed E-state index contributed by atoms with van der Waals surface area (Å²) in [7, 11) is 0. The van der Waals surface area contributed by atoms with Crippen molar-refractivity contribution in [2.24, 2.45) is 0 Å². The Balaban J connectivity index is 0.000000215. The lowest BCUT2D eigenvalue weighted by molar-refractivity contribution is 0.385. The first-order valence-electron chi connectivity index (χ1n) is 15.0. The van der Waals surface area contributed by atoms with Crippen molar-refractivity contribution in [2.75, 3.05) is 0 Å². The van der Waals surface area contributed by atoms with Crippen LogP contribution in [0, 0.1) is 11.3 Å². The summed E-state index contributed by atoms with van der Waals surface area (Å²) in [5.41, 5.74) is 3.54. The Hall–Kier alpha value is -3.82. The molecule has 0 aliphatic rings.